The van der Waals surface area contributed by atoms with Crippen LogP contribution in [0.1, 0.15) is 51.5 Å². The molecule has 0 spiro atoms. The average Bonchev–Trinajstić information content (AvgIpc) is 3.00. The maximum absolute atomic E-state index is 12.8. The van der Waals surface area contributed by atoms with Gasteiger partial charge in [0.25, 0.3) is 5.91 Å². The van der Waals surface area contributed by atoms with E-state index in [1.165, 1.54) is 23.8 Å². The van der Waals surface area contributed by atoms with Crippen molar-refractivity contribution in [3.05, 3.63) is 27.1 Å². The van der Waals surface area contributed by atoms with Crippen molar-refractivity contribution in [2.24, 2.45) is 0 Å². The van der Waals surface area contributed by atoms with Crippen molar-refractivity contribution in [3.8, 4) is 11.5 Å². The molecule has 1 heterocycles. The number of unbranched alkanes of at least 4 members (excludes halogenated alkanes) is 2. The van der Waals surface area contributed by atoms with Crippen molar-refractivity contribution < 1.29 is 23.8 Å². The van der Waals surface area contributed by atoms with Gasteiger partial charge in [-0.2, -0.15) is 0 Å². The Balaban J connectivity index is 2.15. The number of rotatable bonds is 12. The van der Waals surface area contributed by atoms with E-state index in [0.29, 0.717) is 46.9 Å². The first-order chi connectivity index (χ1) is 14.9. The molecule has 31 heavy (non-hydrogen) atoms. The Kier molecular flexibility index (Phi) is 10.8. The van der Waals surface area contributed by atoms with Crippen LogP contribution in [0.5, 0.6) is 11.5 Å². The van der Waals surface area contributed by atoms with Gasteiger partial charge in [0.05, 0.1) is 29.7 Å². The van der Waals surface area contributed by atoms with Crippen LogP contribution in [-0.4, -0.2) is 48.0 Å². The summed E-state index contributed by atoms with van der Waals surface area (Å²) in [7, 11) is 1.35. The Labute approximate surface area is 201 Å². The standard InChI is InChI=1S/C22H28BrNO5S2/c1-4-6-7-11-29-20-16(23)12-15(13-17(20)28-5-2)14-18-21(26)24(22(30)31-18)10-8-9-19(25)27-3/h12-14H,4-11H2,1-3H3/b18-14-. The minimum atomic E-state index is -0.300. The zero-order valence-electron chi connectivity index (χ0n) is 18.1. The summed E-state index contributed by atoms with van der Waals surface area (Å²) in [5, 5.41) is 0. The van der Waals surface area contributed by atoms with Crippen molar-refractivity contribution >= 4 is 62.2 Å². The lowest BCUT2D eigenvalue weighted by molar-refractivity contribution is -0.141. The lowest BCUT2D eigenvalue weighted by Gasteiger charge is -2.15. The van der Waals surface area contributed by atoms with Gasteiger partial charge in [-0.3, -0.25) is 14.5 Å². The lowest BCUT2D eigenvalue weighted by Crippen LogP contribution is -2.29. The summed E-state index contributed by atoms with van der Waals surface area (Å²) < 4.78 is 17.6. The first kappa shape index (κ1) is 25.7. The van der Waals surface area contributed by atoms with Crippen LogP contribution in [0.15, 0.2) is 21.5 Å². The molecule has 9 heteroatoms. The summed E-state index contributed by atoms with van der Waals surface area (Å²) in [4.78, 5) is 26.2. The highest BCUT2D eigenvalue weighted by atomic mass is 79.9. The number of hydrogen-bond donors (Lipinski definition) is 0. The monoisotopic (exact) mass is 529 g/mol. The number of methoxy groups -OCH3 is 1. The number of amides is 1. The first-order valence-corrected chi connectivity index (χ1v) is 12.3. The SMILES string of the molecule is CCCCCOc1c(Br)cc(/C=C2\SC(=S)N(CCCC(=O)OC)C2=O)cc1OCC. The third kappa shape index (κ3) is 7.50. The highest BCUT2D eigenvalue weighted by Crippen LogP contribution is 2.39. The molecule has 0 radical (unpaired) electrons. The predicted molar refractivity (Wildman–Crippen MR) is 131 cm³/mol. The molecule has 1 aliphatic heterocycles. The normalized spacial score (nSPS) is 15.0. The summed E-state index contributed by atoms with van der Waals surface area (Å²) in [6.07, 6.45) is 5.76. The number of carbonyl (C=O) groups is 2. The van der Waals surface area contributed by atoms with E-state index in [-0.39, 0.29) is 18.3 Å². The molecule has 0 aromatic heterocycles. The van der Waals surface area contributed by atoms with Gasteiger partial charge in [-0.15, -0.1) is 0 Å². The fraction of sp³-hybridized carbons (Fsp3) is 0.500. The van der Waals surface area contributed by atoms with Crippen LogP contribution >= 0.6 is 39.9 Å². The summed E-state index contributed by atoms with van der Waals surface area (Å²) in [5.74, 6) is 0.846. The molecule has 1 aromatic rings. The lowest BCUT2D eigenvalue weighted by atomic mass is 10.1. The Bertz CT molecular complexity index is 843. The Hall–Kier alpha value is -1.58. The van der Waals surface area contributed by atoms with E-state index in [1.807, 2.05) is 19.1 Å². The topological polar surface area (TPSA) is 65.1 Å². The van der Waals surface area contributed by atoms with Gasteiger partial charge < -0.3 is 14.2 Å². The molecule has 170 valence electrons. The van der Waals surface area contributed by atoms with Crippen LogP contribution in [0.3, 0.4) is 0 Å². The van der Waals surface area contributed by atoms with Gasteiger partial charge in [-0.05, 0) is 59.5 Å². The van der Waals surface area contributed by atoms with Gasteiger partial charge in [0.15, 0.2) is 11.5 Å². The molecule has 2 rings (SSSR count). The van der Waals surface area contributed by atoms with Crippen LogP contribution in [0, 0.1) is 0 Å². The molecule has 1 aromatic carbocycles. The number of carbonyl (C=O) groups excluding carboxylic acids is 2. The molecule has 0 unspecified atom stereocenters. The van der Waals surface area contributed by atoms with E-state index in [2.05, 4.69) is 27.6 Å². The quantitative estimate of drug-likeness (QED) is 0.152. The Morgan fingerprint density at radius 1 is 1.23 bits per heavy atom. The van der Waals surface area contributed by atoms with Gasteiger partial charge in [0.2, 0.25) is 0 Å². The van der Waals surface area contributed by atoms with Crippen molar-refractivity contribution in [2.45, 2.75) is 46.0 Å². The van der Waals surface area contributed by atoms with Crippen LogP contribution in [0.2, 0.25) is 0 Å². The summed E-state index contributed by atoms with van der Waals surface area (Å²) in [5.41, 5.74) is 0.811. The molecule has 0 atom stereocenters. The number of thioether (sulfide) groups is 1. The number of benzene rings is 1. The van der Waals surface area contributed by atoms with E-state index >= 15 is 0 Å². The fourth-order valence-electron chi connectivity index (χ4n) is 2.93. The number of nitrogens with zero attached hydrogens (tertiary/aromatic N) is 1. The third-order valence-electron chi connectivity index (χ3n) is 4.49. The van der Waals surface area contributed by atoms with E-state index in [0.717, 1.165) is 29.3 Å². The van der Waals surface area contributed by atoms with E-state index in [1.54, 1.807) is 6.08 Å². The largest absolute Gasteiger partial charge is 0.490 e. The van der Waals surface area contributed by atoms with Gasteiger partial charge >= 0.3 is 5.97 Å². The maximum atomic E-state index is 12.8. The van der Waals surface area contributed by atoms with Crippen molar-refractivity contribution in [1.29, 1.82) is 0 Å². The van der Waals surface area contributed by atoms with Crippen LogP contribution < -0.4 is 9.47 Å². The van der Waals surface area contributed by atoms with E-state index in [4.69, 9.17) is 21.7 Å². The molecule has 1 fully saturated rings. The Morgan fingerprint density at radius 2 is 2.00 bits per heavy atom. The molecule has 1 aliphatic rings. The minimum Gasteiger partial charge on any atom is -0.490 e. The highest BCUT2D eigenvalue weighted by molar-refractivity contribution is 9.10. The summed E-state index contributed by atoms with van der Waals surface area (Å²) in [6, 6.07) is 3.77. The van der Waals surface area contributed by atoms with E-state index < -0.39 is 0 Å². The molecule has 1 amide bonds. The molecular weight excluding hydrogens is 502 g/mol. The minimum absolute atomic E-state index is 0.158. The zero-order valence-corrected chi connectivity index (χ0v) is 21.3. The summed E-state index contributed by atoms with van der Waals surface area (Å²) >= 11 is 10.2. The van der Waals surface area contributed by atoms with Crippen molar-refractivity contribution in [3.63, 3.8) is 0 Å². The van der Waals surface area contributed by atoms with Crippen molar-refractivity contribution in [2.75, 3.05) is 26.9 Å². The smallest absolute Gasteiger partial charge is 0.305 e. The second-order valence-corrected chi connectivity index (χ2v) is 9.36. The number of thiocarbonyl (C=S) groups is 1. The van der Waals surface area contributed by atoms with Gasteiger partial charge in [-0.25, -0.2) is 0 Å². The van der Waals surface area contributed by atoms with Gasteiger partial charge in [0, 0.05) is 13.0 Å². The molecule has 0 saturated carbocycles. The number of ether oxygens (including phenoxy) is 3. The van der Waals surface area contributed by atoms with E-state index in [9.17, 15) is 9.59 Å². The molecule has 0 bridgehead atoms. The average molecular weight is 531 g/mol. The molecular formula is C22H28BrNO5S2. The number of hydrogen-bond acceptors (Lipinski definition) is 7. The highest BCUT2D eigenvalue weighted by Gasteiger charge is 2.31. The first-order valence-electron chi connectivity index (χ1n) is 10.3. The zero-order chi connectivity index (χ0) is 22.8. The van der Waals surface area contributed by atoms with Crippen LogP contribution in [0.4, 0.5) is 0 Å². The molecule has 6 nitrogen and oxygen atoms in total. The maximum Gasteiger partial charge on any atom is 0.305 e. The second kappa shape index (κ2) is 13.1. The third-order valence-corrected chi connectivity index (χ3v) is 6.45. The summed E-state index contributed by atoms with van der Waals surface area (Å²) in [6.45, 7) is 5.58. The molecule has 0 N–H and O–H groups in total. The van der Waals surface area contributed by atoms with Crippen molar-refractivity contribution in [1.82, 2.24) is 4.90 Å². The number of halogens is 1. The molecule has 1 saturated heterocycles. The second-order valence-electron chi connectivity index (χ2n) is 6.83. The van der Waals surface area contributed by atoms with Gasteiger partial charge in [0.1, 0.15) is 4.32 Å². The predicted octanol–water partition coefficient (Wildman–Crippen LogP) is 5.57. The Morgan fingerprint density at radius 3 is 2.68 bits per heavy atom. The fourth-order valence-corrected chi connectivity index (χ4v) is 4.81. The van der Waals surface area contributed by atoms with Crippen LogP contribution in [0.25, 0.3) is 6.08 Å². The number of esters is 1. The molecule has 0 aliphatic carbocycles. The van der Waals surface area contributed by atoms with Crippen LogP contribution in [-0.2, 0) is 14.3 Å². The van der Waals surface area contributed by atoms with Gasteiger partial charge in [-0.1, -0.05) is 43.7 Å².